The molecule has 1 aliphatic heterocycles. The Morgan fingerprint density at radius 2 is 1.84 bits per heavy atom. The number of halogens is 1. The van der Waals surface area contributed by atoms with Crippen molar-refractivity contribution in [2.75, 3.05) is 22.8 Å². The standard InChI is InChI=1S/C33H37IN6O3/c1-2-14-40(15-13-34)33(43)27-17-25-11-12-26(18-29(25)39-30(35)19-27)32(42)38-28-16-24(20-36-22-28)21-37-31(41)10-6-9-23-7-4-3-5-8-23/h3-5,7-8,11-12,16-18,20,22H,2,6,9-10,13-15,19,21H2,1H3,(H2,35,39)(H,37,41)(H,38,42). The van der Waals surface area contributed by atoms with Crippen LogP contribution < -0.4 is 16.4 Å². The second-order valence-corrected chi connectivity index (χ2v) is 11.4. The highest BCUT2D eigenvalue weighted by Crippen LogP contribution is 2.29. The van der Waals surface area contributed by atoms with E-state index in [-0.39, 0.29) is 24.1 Å². The highest BCUT2D eigenvalue weighted by molar-refractivity contribution is 14.1. The molecular weight excluding hydrogens is 655 g/mol. The zero-order chi connectivity index (χ0) is 30.6. The third kappa shape index (κ3) is 9.47. The highest BCUT2D eigenvalue weighted by Gasteiger charge is 2.21. The predicted octanol–water partition coefficient (Wildman–Crippen LogP) is 5.42. The molecule has 0 atom stereocenters. The van der Waals surface area contributed by atoms with Crippen molar-refractivity contribution >= 4 is 63.6 Å². The minimum Gasteiger partial charge on any atom is -0.387 e. The van der Waals surface area contributed by atoms with Crippen molar-refractivity contribution in [1.82, 2.24) is 15.2 Å². The number of pyridine rings is 1. The van der Waals surface area contributed by atoms with Gasteiger partial charge in [0, 0.05) is 59.8 Å². The molecule has 2 heterocycles. The largest absolute Gasteiger partial charge is 0.387 e. The van der Waals surface area contributed by atoms with Crippen molar-refractivity contribution in [3.05, 3.63) is 94.8 Å². The number of aliphatic imine (C=N–C) groups is 1. The van der Waals surface area contributed by atoms with Gasteiger partial charge in [-0.15, -0.1) is 0 Å². The molecule has 0 unspecified atom stereocenters. The summed E-state index contributed by atoms with van der Waals surface area (Å²) in [5.74, 6) is -0.0822. The number of aryl methyl sites for hydroxylation is 1. The molecule has 2 aromatic carbocycles. The van der Waals surface area contributed by atoms with Gasteiger partial charge in [0.25, 0.3) is 5.91 Å². The zero-order valence-electron chi connectivity index (χ0n) is 24.3. The first kappa shape index (κ1) is 31.9. The molecule has 10 heteroatoms. The number of aromatic nitrogens is 1. The lowest BCUT2D eigenvalue weighted by Crippen LogP contribution is -2.35. The van der Waals surface area contributed by atoms with Crippen molar-refractivity contribution in [1.29, 1.82) is 0 Å². The number of hydrogen-bond donors (Lipinski definition) is 3. The topological polar surface area (TPSA) is 130 Å². The predicted molar refractivity (Wildman–Crippen MR) is 179 cm³/mol. The lowest BCUT2D eigenvalue weighted by atomic mass is 10.0. The van der Waals surface area contributed by atoms with E-state index < -0.39 is 0 Å². The number of carbonyl (C=O) groups is 3. The first-order valence-electron chi connectivity index (χ1n) is 14.4. The molecule has 0 saturated carbocycles. The van der Waals surface area contributed by atoms with Gasteiger partial charge >= 0.3 is 0 Å². The van der Waals surface area contributed by atoms with E-state index in [9.17, 15) is 14.4 Å². The van der Waals surface area contributed by atoms with Gasteiger partial charge in [0.15, 0.2) is 0 Å². The Bertz CT molecular complexity index is 1500. The van der Waals surface area contributed by atoms with Gasteiger partial charge in [-0.2, -0.15) is 0 Å². The number of nitrogens with zero attached hydrogens (tertiary/aromatic N) is 3. The van der Waals surface area contributed by atoms with Crippen molar-refractivity contribution in [2.45, 2.75) is 45.6 Å². The minimum absolute atomic E-state index is 0.0304. The Morgan fingerprint density at radius 1 is 1.02 bits per heavy atom. The number of carbonyl (C=O) groups excluding carboxylic acids is 3. The van der Waals surface area contributed by atoms with Gasteiger partial charge < -0.3 is 21.3 Å². The fourth-order valence-electron chi connectivity index (χ4n) is 4.80. The Morgan fingerprint density at radius 3 is 2.60 bits per heavy atom. The summed E-state index contributed by atoms with van der Waals surface area (Å²) in [6.07, 6.45) is 8.21. The molecule has 224 valence electrons. The first-order valence-corrected chi connectivity index (χ1v) is 16.0. The molecule has 9 nitrogen and oxygen atoms in total. The summed E-state index contributed by atoms with van der Waals surface area (Å²) in [5, 5.41) is 5.79. The molecule has 0 bridgehead atoms. The zero-order valence-corrected chi connectivity index (χ0v) is 26.5. The summed E-state index contributed by atoms with van der Waals surface area (Å²) in [6.45, 7) is 3.71. The molecule has 4 N–H and O–H groups in total. The van der Waals surface area contributed by atoms with Crippen LogP contribution in [0.5, 0.6) is 0 Å². The Labute approximate surface area is 266 Å². The lowest BCUT2D eigenvalue weighted by Gasteiger charge is -2.22. The van der Waals surface area contributed by atoms with E-state index in [1.54, 1.807) is 36.7 Å². The SMILES string of the molecule is CCCN(CCI)C(=O)C1=Cc2ccc(C(=O)Nc3cncc(CNC(=O)CCCc4ccccc4)c3)cc2N=C(N)C1. The Balaban J connectivity index is 1.37. The van der Waals surface area contributed by atoms with Crippen molar-refractivity contribution in [3.63, 3.8) is 0 Å². The van der Waals surface area contributed by atoms with Gasteiger partial charge in [0.1, 0.15) is 5.84 Å². The summed E-state index contributed by atoms with van der Waals surface area (Å²) in [7, 11) is 0. The van der Waals surface area contributed by atoms with Crippen LogP contribution in [0.3, 0.4) is 0 Å². The van der Waals surface area contributed by atoms with Crippen molar-refractivity contribution in [2.24, 2.45) is 10.7 Å². The van der Waals surface area contributed by atoms with E-state index in [1.807, 2.05) is 36.1 Å². The number of fused-ring (bicyclic) bond motifs is 1. The lowest BCUT2D eigenvalue weighted by molar-refractivity contribution is -0.127. The molecule has 3 aromatic rings. The van der Waals surface area contributed by atoms with Gasteiger partial charge in [-0.05, 0) is 54.7 Å². The van der Waals surface area contributed by atoms with E-state index in [0.29, 0.717) is 54.4 Å². The van der Waals surface area contributed by atoms with Crippen LogP contribution in [0.25, 0.3) is 6.08 Å². The van der Waals surface area contributed by atoms with Crippen LogP contribution in [0.1, 0.15) is 59.7 Å². The second-order valence-electron chi connectivity index (χ2n) is 10.4. The first-order chi connectivity index (χ1) is 20.9. The maximum absolute atomic E-state index is 13.2. The summed E-state index contributed by atoms with van der Waals surface area (Å²) in [6, 6.07) is 17.0. The molecule has 0 saturated heterocycles. The molecule has 4 rings (SSSR count). The van der Waals surface area contributed by atoms with Gasteiger partial charge in [0.2, 0.25) is 11.8 Å². The number of amides is 3. The van der Waals surface area contributed by atoms with Crippen LogP contribution in [0.15, 0.2) is 77.6 Å². The smallest absolute Gasteiger partial charge is 0.255 e. The average Bonchev–Trinajstić information content (AvgIpc) is 3.17. The quantitative estimate of drug-likeness (QED) is 0.163. The van der Waals surface area contributed by atoms with E-state index in [4.69, 9.17) is 5.73 Å². The van der Waals surface area contributed by atoms with E-state index in [0.717, 1.165) is 34.8 Å². The van der Waals surface area contributed by atoms with Gasteiger partial charge in [-0.3, -0.25) is 19.4 Å². The Hall–Kier alpha value is -4.06. The van der Waals surface area contributed by atoms with Crippen LogP contribution in [0.4, 0.5) is 11.4 Å². The van der Waals surface area contributed by atoms with E-state index in [1.165, 1.54) is 5.56 Å². The summed E-state index contributed by atoms with van der Waals surface area (Å²) < 4.78 is 0.845. The molecule has 1 aliphatic rings. The van der Waals surface area contributed by atoms with Gasteiger partial charge in [-0.1, -0.05) is 65.9 Å². The minimum atomic E-state index is -0.332. The third-order valence-electron chi connectivity index (χ3n) is 6.92. The maximum Gasteiger partial charge on any atom is 0.255 e. The number of nitrogens with one attached hydrogen (secondary N) is 2. The molecule has 3 amide bonds. The molecule has 0 aliphatic carbocycles. The van der Waals surface area contributed by atoms with Crippen molar-refractivity contribution in [3.8, 4) is 0 Å². The van der Waals surface area contributed by atoms with Crippen LogP contribution in [0.2, 0.25) is 0 Å². The second kappa shape index (κ2) is 16.0. The average molecular weight is 693 g/mol. The number of rotatable bonds is 13. The third-order valence-corrected chi connectivity index (χ3v) is 7.40. The van der Waals surface area contributed by atoms with E-state index in [2.05, 4.69) is 55.3 Å². The Kier molecular flexibility index (Phi) is 11.8. The number of alkyl halides is 1. The van der Waals surface area contributed by atoms with Crippen LogP contribution in [0, 0.1) is 0 Å². The fraction of sp³-hybridized carbons (Fsp3) is 0.303. The summed E-state index contributed by atoms with van der Waals surface area (Å²) >= 11 is 2.27. The number of benzene rings is 2. The maximum atomic E-state index is 13.2. The normalized spacial score (nSPS) is 12.3. The number of hydrogen-bond acceptors (Lipinski definition) is 6. The molecule has 43 heavy (non-hydrogen) atoms. The molecule has 0 fully saturated rings. The van der Waals surface area contributed by atoms with Crippen LogP contribution >= 0.6 is 22.6 Å². The number of anilines is 1. The van der Waals surface area contributed by atoms with E-state index >= 15 is 0 Å². The highest BCUT2D eigenvalue weighted by atomic mass is 127. The monoisotopic (exact) mass is 692 g/mol. The molecular formula is C33H37IN6O3. The van der Waals surface area contributed by atoms with Crippen LogP contribution in [-0.4, -0.2) is 51.0 Å². The molecule has 1 aromatic heterocycles. The number of amidine groups is 1. The molecule has 0 spiro atoms. The summed E-state index contributed by atoms with van der Waals surface area (Å²) in [5.41, 5.74) is 10.9. The number of nitrogens with two attached hydrogens (primary N) is 1. The van der Waals surface area contributed by atoms with Gasteiger partial charge in [0.05, 0.1) is 17.6 Å². The summed E-state index contributed by atoms with van der Waals surface area (Å²) in [4.78, 5) is 49.2. The van der Waals surface area contributed by atoms with Crippen molar-refractivity contribution < 1.29 is 14.4 Å². The molecule has 0 radical (unpaired) electrons. The van der Waals surface area contributed by atoms with Crippen LogP contribution in [-0.2, 0) is 22.6 Å². The fourth-order valence-corrected chi connectivity index (χ4v) is 5.38. The van der Waals surface area contributed by atoms with Gasteiger partial charge in [-0.25, -0.2) is 4.99 Å².